The molecule has 49 heavy (non-hydrogen) atoms. The number of carbonyl (C=O) groups is 1. The van der Waals surface area contributed by atoms with Crippen molar-refractivity contribution in [1.29, 1.82) is 0 Å². The minimum absolute atomic E-state index is 0.0869. The fourth-order valence-corrected chi connectivity index (χ4v) is 6.08. The number of aliphatic hydroxyl groups excluding tert-OH is 4. The van der Waals surface area contributed by atoms with E-state index in [1.165, 1.54) is 25.8 Å². The molecule has 0 amide bonds. The molecule has 264 valence electrons. The van der Waals surface area contributed by atoms with Gasteiger partial charge in [0.1, 0.15) is 30.3 Å². The molecule has 5 rings (SSSR count). The van der Waals surface area contributed by atoms with Crippen molar-refractivity contribution in [2.75, 3.05) is 31.8 Å². The maximum atomic E-state index is 10.3. The van der Waals surface area contributed by atoms with Crippen LogP contribution in [0.15, 0.2) is 78.6 Å². The quantitative estimate of drug-likeness (QED) is 0.0463. The average molecular weight is 717 g/mol. The van der Waals surface area contributed by atoms with Crippen LogP contribution >= 0.6 is 23.2 Å². The van der Waals surface area contributed by atoms with Gasteiger partial charge < -0.3 is 50.3 Å². The monoisotopic (exact) mass is 715 g/mol. The summed E-state index contributed by atoms with van der Waals surface area (Å²) in [6.07, 6.45) is -2.98. The minimum Gasteiger partial charge on any atom is -0.493 e. The van der Waals surface area contributed by atoms with Crippen molar-refractivity contribution in [3.63, 3.8) is 0 Å². The highest BCUT2D eigenvalue weighted by atomic mass is 35.5. The number of hydrogen-bond acceptors (Lipinski definition) is 11. The van der Waals surface area contributed by atoms with Crippen LogP contribution in [-0.4, -0.2) is 88.1 Å². The molecule has 0 saturated heterocycles. The van der Waals surface area contributed by atoms with Gasteiger partial charge in [0, 0.05) is 64.3 Å². The van der Waals surface area contributed by atoms with Crippen molar-refractivity contribution in [1.82, 2.24) is 9.99 Å². The SMILES string of the molecule is CC=O.COC(CO)C(O)C(O)C(O)N(N)/C=C(\N)CCOc1ccc(C2c3[nH]c4ccc(Cl)cc4c3CCN2c2ccc(Cl)cc2)cc1. The molecule has 5 atom stereocenters. The highest BCUT2D eigenvalue weighted by Gasteiger charge is 2.34. The van der Waals surface area contributed by atoms with Crippen LogP contribution in [0.4, 0.5) is 5.69 Å². The van der Waals surface area contributed by atoms with Crippen LogP contribution in [0.5, 0.6) is 5.75 Å². The van der Waals surface area contributed by atoms with E-state index >= 15 is 0 Å². The smallest absolute Gasteiger partial charge is 0.168 e. The van der Waals surface area contributed by atoms with Crippen molar-refractivity contribution >= 4 is 46.1 Å². The van der Waals surface area contributed by atoms with Crippen molar-refractivity contribution in [3.05, 3.63) is 105 Å². The Kier molecular flexibility index (Phi) is 13.7. The number of nitrogens with two attached hydrogens (primary N) is 2. The lowest BCUT2D eigenvalue weighted by molar-refractivity contribution is -0.154. The third kappa shape index (κ3) is 9.24. The first-order chi connectivity index (χ1) is 23.5. The number of aliphatic hydroxyl groups is 4. The number of H-pyrrole nitrogens is 1. The Labute approximate surface area is 295 Å². The molecular weight excluding hydrogens is 673 g/mol. The van der Waals surface area contributed by atoms with Gasteiger partial charge in [-0.15, -0.1) is 0 Å². The predicted molar refractivity (Wildman–Crippen MR) is 190 cm³/mol. The predicted octanol–water partition coefficient (Wildman–Crippen LogP) is 3.62. The zero-order chi connectivity index (χ0) is 35.7. The number of hydrogen-bond donors (Lipinski definition) is 7. The highest BCUT2D eigenvalue weighted by Crippen LogP contribution is 2.41. The number of methoxy groups -OCH3 is 1. The van der Waals surface area contributed by atoms with E-state index in [1.807, 2.05) is 66.7 Å². The van der Waals surface area contributed by atoms with E-state index in [-0.39, 0.29) is 24.8 Å². The fraction of sp³-hybridized carbons (Fsp3) is 0.343. The number of nitrogens with one attached hydrogen (secondary N) is 1. The molecule has 12 nitrogen and oxygen atoms in total. The molecule has 14 heteroatoms. The Balaban J connectivity index is 0.00000174. The van der Waals surface area contributed by atoms with Gasteiger partial charge in [-0.3, -0.25) is 5.01 Å². The first-order valence-corrected chi connectivity index (χ1v) is 16.4. The topological polar surface area (TPSA) is 191 Å². The number of ether oxygens (including phenoxy) is 2. The van der Waals surface area contributed by atoms with Crippen LogP contribution in [-0.2, 0) is 16.0 Å². The highest BCUT2D eigenvalue weighted by molar-refractivity contribution is 6.31. The molecule has 5 unspecified atom stereocenters. The number of anilines is 1. The summed E-state index contributed by atoms with van der Waals surface area (Å²) in [5.41, 5.74) is 11.9. The molecule has 9 N–H and O–H groups in total. The Morgan fingerprint density at radius 2 is 1.71 bits per heavy atom. The van der Waals surface area contributed by atoms with Gasteiger partial charge in [-0.2, -0.15) is 0 Å². The van der Waals surface area contributed by atoms with E-state index in [1.54, 1.807) is 0 Å². The van der Waals surface area contributed by atoms with Gasteiger partial charge in [0.25, 0.3) is 0 Å². The molecular formula is C35H43Cl2N5O7. The zero-order valence-corrected chi connectivity index (χ0v) is 28.8. The van der Waals surface area contributed by atoms with E-state index in [9.17, 15) is 20.4 Å². The van der Waals surface area contributed by atoms with Crippen molar-refractivity contribution in [2.24, 2.45) is 11.6 Å². The van der Waals surface area contributed by atoms with Gasteiger partial charge in [0.2, 0.25) is 0 Å². The van der Waals surface area contributed by atoms with Crippen molar-refractivity contribution in [3.8, 4) is 5.75 Å². The molecule has 3 aromatic carbocycles. The van der Waals surface area contributed by atoms with Crippen LogP contribution in [0.25, 0.3) is 10.9 Å². The lowest BCUT2D eigenvalue weighted by Gasteiger charge is -2.38. The largest absolute Gasteiger partial charge is 0.493 e. The van der Waals surface area contributed by atoms with E-state index < -0.39 is 31.1 Å². The van der Waals surface area contributed by atoms with Gasteiger partial charge in [-0.1, -0.05) is 35.3 Å². The van der Waals surface area contributed by atoms with Gasteiger partial charge in [0.15, 0.2) is 6.23 Å². The molecule has 1 aliphatic rings. The summed E-state index contributed by atoms with van der Waals surface area (Å²) in [6.45, 7) is 1.92. The minimum atomic E-state index is -1.72. The Morgan fingerprint density at radius 1 is 1.06 bits per heavy atom. The lowest BCUT2D eigenvalue weighted by Crippen LogP contribution is -2.53. The van der Waals surface area contributed by atoms with Crippen molar-refractivity contribution < 1.29 is 34.7 Å². The maximum absolute atomic E-state index is 10.3. The van der Waals surface area contributed by atoms with Crippen LogP contribution in [0.2, 0.25) is 10.0 Å². The Bertz CT molecular complexity index is 1680. The third-order valence-corrected chi connectivity index (χ3v) is 8.73. The average Bonchev–Trinajstić information content (AvgIpc) is 3.46. The number of fused-ring (bicyclic) bond motifs is 3. The number of nitrogens with zero attached hydrogens (tertiary/aromatic N) is 2. The second-order valence-electron chi connectivity index (χ2n) is 11.4. The first kappa shape index (κ1) is 38.0. The van der Waals surface area contributed by atoms with Gasteiger partial charge in [-0.25, -0.2) is 5.84 Å². The number of rotatable bonds is 13. The van der Waals surface area contributed by atoms with E-state index in [0.717, 1.165) is 52.1 Å². The number of aromatic amines is 1. The molecule has 0 radical (unpaired) electrons. The fourth-order valence-electron chi connectivity index (χ4n) is 5.78. The van der Waals surface area contributed by atoms with Crippen LogP contribution in [0, 0.1) is 0 Å². The zero-order valence-electron chi connectivity index (χ0n) is 27.2. The summed E-state index contributed by atoms with van der Waals surface area (Å²) in [4.78, 5) is 14.8. The van der Waals surface area contributed by atoms with Gasteiger partial charge in [0.05, 0.1) is 19.3 Å². The Morgan fingerprint density at radius 3 is 2.35 bits per heavy atom. The molecule has 0 fully saturated rings. The van der Waals surface area contributed by atoms with Gasteiger partial charge in [-0.05, 0) is 79.1 Å². The number of halogens is 2. The number of carbonyl (C=O) groups excluding carboxylic acids is 1. The summed E-state index contributed by atoms with van der Waals surface area (Å²) in [5.74, 6) is 6.47. The number of aromatic nitrogens is 1. The molecule has 0 saturated carbocycles. The van der Waals surface area contributed by atoms with E-state index in [4.69, 9.17) is 49.0 Å². The maximum Gasteiger partial charge on any atom is 0.168 e. The second kappa shape index (κ2) is 17.7. The molecule has 1 aliphatic heterocycles. The van der Waals surface area contributed by atoms with Crippen LogP contribution < -0.4 is 21.2 Å². The van der Waals surface area contributed by atoms with Gasteiger partial charge >= 0.3 is 0 Å². The summed E-state index contributed by atoms with van der Waals surface area (Å²) >= 11 is 12.6. The van der Waals surface area contributed by atoms with Crippen LogP contribution in [0.1, 0.15) is 36.2 Å². The number of benzene rings is 3. The van der Waals surface area contributed by atoms with Crippen LogP contribution in [0.3, 0.4) is 0 Å². The number of aldehydes is 1. The number of hydrazine groups is 1. The molecule has 0 spiro atoms. The molecule has 2 heterocycles. The first-order valence-electron chi connectivity index (χ1n) is 15.6. The lowest BCUT2D eigenvalue weighted by atomic mass is 9.91. The Hall–Kier alpha value is -3.85. The summed E-state index contributed by atoms with van der Waals surface area (Å²) in [5, 5.41) is 43.2. The van der Waals surface area contributed by atoms with Crippen molar-refractivity contribution in [2.45, 2.75) is 50.3 Å². The molecule has 1 aromatic heterocycles. The summed E-state index contributed by atoms with van der Waals surface area (Å²) in [6, 6.07) is 21.6. The molecule has 0 aliphatic carbocycles. The molecule has 0 bridgehead atoms. The summed E-state index contributed by atoms with van der Waals surface area (Å²) < 4.78 is 10.8. The third-order valence-electron chi connectivity index (χ3n) is 8.24. The van der Waals surface area contributed by atoms with E-state index in [2.05, 4.69) is 9.88 Å². The second-order valence-corrected chi connectivity index (χ2v) is 12.3. The standard InChI is InChI=1S/C33H39Cl2N5O6.C2H4O/c1-45-28(18-41)31(42)32(43)33(44)40(37)17-22(36)13-15-46-24-9-2-19(3-10-24)30-29-25(26-16-21(35)6-11-27(26)38-29)12-14-39(30)23-7-4-20(34)5-8-23;1-2-3/h2-11,16-17,28,30-33,38,41-44H,12-15,18,36-37H2,1H3;2H,1H3/b22-17-;. The van der Waals surface area contributed by atoms with E-state index in [0.29, 0.717) is 15.8 Å². The normalized spacial score (nSPS) is 17.0. The summed E-state index contributed by atoms with van der Waals surface area (Å²) in [7, 11) is 1.26. The molecule has 4 aromatic rings.